The third-order valence-electron chi connectivity index (χ3n) is 2.85. The second-order valence-corrected chi connectivity index (χ2v) is 4.74. The lowest BCUT2D eigenvalue weighted by Gasteiger charge is -2.09. The van der Waals surface area contributed by atoms with E-state index in [9.17, 15) is 14.9 Å². The van der Waals surface area contributed by atoms with Gasteiger partial charge in [0.25, 0.3) is 5.69 Å². The van der Waals surface area contributed by atoms with Crippen LogP contribution in [0.1, 0.15) is 19.4 Å². The van der Waals surface area contributed by atoms with Gasteiger partial charge in [-0.15, -0.1) is 0 Å². The number of Topliss-reactive ketones (excluding diaryl/α,β-unsaturated/α-hetero) is 1. The SMILES string of the molecule is CC(C)C(=O)/C(=C/c1ccc([N+](=O)[O-])cc1)n1cncn1. The number of rotatable bonds is 5. The van der Waals surface area contributed by atoms with E-state index < -0.39 is 4.92 Å². The highest BCUT2D eigenvalue weighted by Crippen LogP contribution is 2.18. The highest BCUT2D eigenvalue weighted by Gasteiger charge is 2.16. The maximum Gasteiger partial charge on any atom is 0.269 e. The summed E-state index contributed by atoms with van der Waals surface area (Å²) in [5.74, 6) is -0.280. The van der Waals surface area contributed by atoms with Gasteiger partial charge in [0.1, 0.15) is 18.4 Å². The molecule has 0 radical (unpaired) electrons. The number of aromatic nitrogens is 3. The van der Waals surface area contributed by atoms with Crippen LogP contribution in [0.3, 0.4) is 0 Å². The molecule has 7 nitrogen and oxygen atoms in total. The first kappa shape index (κ1) is 14.6. The Balaban J connectivity index is 2.41. The molecular weight excluding hydrogens is 272 g/mol. The van der Waals surface area contributed by atoms with Crippen molar-refractivity contribution in [3.63, 3.8) is 0 Å². The van der Waals surface area contributed by atoms with Crippen LogP contribution in [0.4, 0.5) is 5.69 Å². The van der Waals surface area contributed by atoms with Crippen molar-refractivity contribution in [3.05, 3.63) is 52.6 Å². The van der Waals surface area contributed by atoms with Crippen molar-refractivity contribution in [1.82, 2.24) is 14.8 Å². The van der Waals surface area contributed by atoms with E-state index in [1.165, 1.54) is 29.5 Å². The van der Waals surface area contributed by atoms with Gasteiger partial charge in [-0.05, 0) is 23.8 Å². The fraction of sp³-hybridized carbons (Fsp3) is 0.214. The van der Waals surface area contributed by atoms with Crippen LogP contribution < -0.4 is 0 Å². The lowest BCUT2D eigenvalue weighted by atomic mass is 10.0. The highest BCUT2D eigenvalue weighted by molar-refractivity contribution is 6.20. The van der Waals surface area contributed by atoms with Crippen LogP contribution in [0, 0.1) is 16.0 Å². The minimum Gasteiger partial charge on any atom is -0.292 e. The van der Waals surface area contributed by atoms with E-state index in [4.69, 9.17) is 0 Å². The molecule has 1 heterocycles. The van der Waals surface area contributed by atoms with Gasteiger partial charge in [0.05, 0.1) is 4.92 Å². The number of hydrogen-bond acceptors (Lipinski definition) is 5. The van der Waals surface area contributed by atoms with Gasteiger partial charge >= 0.3 is 0 Å². The fourth-order valence-corrected chi connectivity index (χ4v) is 1.73. The maximum atomic E-state index is 12.3. The summed E-state index contributed by atoms with van der Waals surface area (Å²) in [5, 5.41) is 14.6. The van der Waals surface area contributed by atoms with E-state index in [1.807, 2.05) is 0 Å². The average Bonchev–Trinajstić information content (AvgIpc) is 2.98. The minimum absolute atomic E-state index is 0.00430. The summed E-state index contributed by atoms with van der Waals surface area (Å²) in [6.45, 7) is 3.59. The molecule has 0 atom stereocenters. The predicted molar refractivity (Wildman–Crippen MR) is 77.1 cm³/mol. The average molecular weight is 286 g/mol. The van der Waals surface area contributed by atoms with E-state index in [0.29, 0.717) is 11.3 Å². The Hall–Kier alpha value is -2.83. The maximum absolute atomic E-state index is 12.3. The normalized spacial score (nSPS) is 11.7. The Bertz CT molecular complexity index is 673. The molecule has 1 aromatic heterocycles. The molecule has 21 heavy (non-hydrogen) atoms. The smallest absolute Gasteiger partial charge is 0.269 e. The largest absolute Gasteiger partial charge is 0.292 e. The van der Waals surface area contributed by atoms with Crippen LogP contribution in [-0.2, 0) is 4.79 Å². The zero-order chi connectivity index (χ0) is 15.4. The van der Waals surface area contributed by atoms with Gasteiger partial charge in [-0.1, -0.05) is 13.8 Å². The minimum atomic E-state index is -0.467. The van der Waals surface area contributed by atoms with Gasteiger partial charge in [-0.25, -0.2) is 9.67 Å². The number of allylic oxidation sites excluding steroid dienone is 1. The van der Waals surface area contributed by atoms with Crippen LogP contribution in [0.25, 0.3) is 11.8 Å². The van der Waals surface area contributed by atoms with Crippen molar-refractivity contribution < 1.29 is 9.72 Å². The Morgan fingerprint density at radius 2 is 2.00 bits per heavy atom. The van der Waals surface area contributed by atoms with Gasteiger partial charge in [-0.3, -0.25) is 14.9 Å². The van der Waals surface area contributed by atoms with Crippen molar-refractivity contribution in [1.29, 1.82) is 0 Å². The summed E-state index contributed by atoms with van der Waals surface area (Å²) >= 11 is 0. The van der Waals surface area contributed by atoms with Crippen LogP contribution >= 0.6 is 0 Å². The molecule has 2 aromatic rings. The van der Waals surface area contributed by atoms with E-state index in [2.05, 4.69) is 10.1 Å². The summed E-state index contributed by atoms with van der Waals surface area (Å²) in [5.41, 5.74) is 1.06. The Morgan fingerprint density at radius 1 is 1.33 bits per heavy atom. The van der Waals surface area contributed by atoms with E-state index in [-0.39, 0.29) is 17.4 Å². The Morgan fingerprint density at radius 3 is 2.48 bits per heavy atom. The van der Waals surface area contributed by atoms with Crippen LogP contribution in [-0.4, -0.2) is 25.5 Å². The van der Waals surface area contributed by atoms with Crippen molar-refractivity contribution in [3.8, 4) is 0 Å². The zero-order valence-corrected chi connectivity index (χ0v) is 11.6. The van der Waals surface area contributed by atoms with Gasteiger partial charge in [0, 0.05) is 18.1 Å². The topological polar surface area (TPSA) is 90.9 Å². The third-order valence-corrected chi connectivity index (χ3v) is 2.85. The molecular formula is C14H14N4O3. The highest BCUT2D eigenvalue weighted by atomic mass is 16.6. The molecule has 0 aliphatic rings. The summed E-state index contributed by atoms with van der Waals surface area (Å²) in [6.07, 6.45) is 4.43. The molecule has 1 aromatic carbocycles. The van der Waals surface area contributed by atoms with Crippen LogP contribution in [0.5, 0.6) is 0 Å². The number of benzene rings is 1. The molecule has 108 valence electrons. The molecule has 0 aliphatic heterocycles. The van der Waals surface area contributed by atoms with Crippen molar-refractivity contribution in [2.45, 2.75) is 13.8 Å². The lowest BCUT2D eigenvalue weighted by Crippen LogP contribution is -2.14. The van der Waals surface area contributed by atoms with E-state index in [0.717, 1.165) is 0 Å². The number of nitro groups is 1. The number of non-ortho nitro benzene ring substituents is 1. The quantitative estimate of drug-likeness (QED) is 0.478. The second kappa shape index (κ2) is 6.08. The fourth-order valence-electron chi connectivity index (χ4n) is 1.73. The van der Waals surface area contributed by atoms with Gasteiger partial charge in [-0.2, -0.15) is 5.10 Å². The van der Waals surface area contributed by atoms with Gasteiger partial charge < -0.3 is 0 Å². The molecule has 0 aliphatic carbocycles. The first-order valence-electron chi connectivity index (χ1n) is 6.34. The zero-order valence-electron chi connectivity index (χ0n) is 11.6. The lowest BCUT2D eigenvalue weighted by molar-refractivity contribution is -0.384. The Labute approximate surface area is 121 Å². The number of nitrogens with zero attached hydrogens (tertiary/aromatic N) is 4. The van der Waals surface area contributed by atoms with E-state index in [1.54, 1.807) is 32.1 Å². The summed E-state index contributed by atoms with van der Waals surface area (Å²) in [4.78, 5) is 26.3. The molecule has 2 rings (SSSR count). The Kier molecular flexibility index (Phi) is 4.22. The van der Waals surface area contributed by atoms with Crippen LogP contribution in [0.15, 0.2) is 36.9 Å². The summed E-state index contributed by atoms with van der Waals surface area (Å²) < 4.78 is 1.39. The van der Waals surface area contributed by atoms with Crippen molar-refractivity contribution in [2.24, 2.45) is 5.92 Å². The number of nitro benzene ring substituents is 1. The molecule has 0 fully saturated rings. The first-order chi connectivity index (χ1) is 9.99. The van der Waals surface area contributed by atoms with Crippen LogP contribution in [0.2, 0.25) is 0 Å². The number of carbonyl (C=O) groups is 1. The van der Waals surface area contributed by atoms with Crippen molar-refractivity contribution >= 4 is 23.2 Å². The molecule has 0 saturated heterocycles. The molecule has 0 saturated carbocycles. The monoisotopic (exact) mass is 286 g/mol. The molecule has 0 amide bonds. The molecule has 7 heteroatoms. The van der Waals surface area contributed by atoms with Crippen molar-refractivity contribution in [2.75, 3.05) is 0 Å². The summed E-state index contributed by atoms with van der Waals surface area (Å²) in [6, 6.07) is 5.96. The number of ketones is 1. The number of hydrogen-bond donors (Lipinski definition) is 0. The molecule has 0 unspecified atom stereocenters. The second-order valence-electron chi connectivity index (χ2n) is 4.74. The first-order valence-corrected chi connectivity index (χ1v) is 6.34. The van der Waals surface area contributed by atoms with Gasteiger partial charge in [0.2, 0.25) is 0 Å². The summed E-state index contributed by atoms with van der Waals surface area (Å²) in [7, 11) is 0. The van der Waals surface area contributed by atoms with E-state index >= 15 is 0 Å². The molecule has 0 spiro atoms. The van der Waals surface area contributed by atoms with Gasteiger partial charge in [0.15, 0.2) is 5.78 Å². The molecule has 0 bridgehead atoms. The standard InChI is InChI=1S/C14H14N4O3/c1-10(2)14(19)13(17-9-15-8-16-17)7-11-3-5-12(6-4-11)18(20)21/h3-10H,1-2H3/b13-7-. The molecule has 0 N–H and O–H groups in total. The predicted octanol–water partition coefficient (Wildman–Crippen LogP) is 2.41. The number of carbonyl (C=O) groups excluding carboxylic acids is 1. The third kappa shape index (κ3) is 3.38.